The van der Waals surface area contributed by atoms with Gasteiger partial charge in [0.05, 0.1) is 11.9 Å². The third-order valence-electron chi connectivity index (χ3n) is 2.51. The fraction of sp³-hybridized carbons (Fsp3) is 0.500. The summed E-state index contributed by atoms with van der Waals surface area (Å²) >= 11 is 0. The Morgan fingerprint density at radius 3 is 2.63 bits per heavy atom. The average Bonchev–Trinajstić information content (AvgIpc) is 2.28. The summed E-state index contributed by atoms with van der Waals surface area (Å²) in [6.07, 6.45) is 4.36. The van der Waals surface area contributed by atoms with E-state index in [1.54, 1.807) is 0 Å². The van der Waals surface area contributed by atoms with Crippen molar-refractivity contribution in [1.29, 1.82) is 0 Å². The highest BCUT2D eigenvalue weighted by Crippen LogP contribution is 2.11. The van der Waals surface area contributed by atoms with E-state index in [1.807, 2.05) is 6.92 Å². The van der Waals surface area contributed by atoms with Gasteiger partial charge in [-0.2, -0.15) is 0 Å². The Kier molecular flexibility index (Phi) is 5.44. The predicted molar refractivity (Wildman–Crippen MR) is 73.5 cm³/mol. The van der Waals surface area contributed by atoms with Crippen LogP contribution in [0.4, 0.5) is 5.69 Å². The summed E-state index contributed by atoms with van der Waals surface area (Å²) in [5.41, 5.74) is 6.22. The number of nitrogens with zero attached hydrogens (tertiary/aromatic N) is 1. The average molecular weight is 285 g/mol. The van der Waals surface area contributed by atoms with Crippen molar-refractivity contribution in [3.8, 4) is 0 Å². The smallest absolute Gasteiger partial charge is 0.225 e. The van der Waals surface area contributed by atoms with Crippen LogP contribution in [0.1, 0.15) is 26.2 Å². The molecule has 0 saturated heterocycles. The van der Waals surface area contributed by atoms with Gasteiger partial charge in [0.2, 0.25) is 5.91 Å². The van der Waals surface area contributed by atoms with Gasteiger partial charge >= 0.3 is 0 Å². The molecule has 0 aliphatic rings. The van der Waals surface area contributed by atoms with Crippen molar-refractivity contribution in [3.05, 3.63) is 18.3 Å². The van der Waals surface area contributed by atoms with Crippen molar-refractivity contribution in [1.82, 2.24) is 4.98 Å². The molecule has 0 aromatic carbocycles. The molecule has 6 nitrogen and oxygen atoms in total. The van der Waals surface area contributed by atoms with Gasteiger partial charge in [-0.1, -0.05) is 13.3 Å². The summed E-state index contributed by atoms with van der Waals surface area (Å²) in [6, 6.07) is 2.71. The molecule has 0 fully saturated rings. The molecule has 1 atom stereocenters. The molecule has 1 unspecified atom stereocenters. The second-order valence-corrected chi connectivity index (χ2v) is 6.42. The molecule has 0 saturated carbocycles. The maximum Gasteiger partial charge on any atom is 0.225 e. The minimum atomic E-state index is -3.32. The van der Waals surface area contributed by atoms with Gasteiger partial charge in [-0.25, -0.2) is 13.4 Å². The quantitative estimate of drug-likeness (QED) is 0.810. The first-order chi connectivity index (χ1) is 8.82. The highest BCUT2D eigenvalue weighted by molar-refractivity contribution is 7.90. The predicted octanol–water partition coefficient (Wildman–Crippen LogP) is 0.941. The summed E-state index contributed by atoms with van der Waals surface area (Å²) in [6.45, 7) is 2.01. The second-order valence-electron chi connectivity index (χ2n) is 4.46. The van der Waals surface area contributed by atoms with E-state index in [-0.39, 0.29) is 23.4 Å². The molecule has 0 radical (unpaired) electrons. The molecule has 0 bridgehead atoms. The van der Waals surface area contributed by atoms with Gasteiger partial charge in [-0.05, 0) is 18.6 Å². The number of carbonyl (C=O) groups is 1. The zero-order chi connectivity index (χ0) is 14.5. The van der Waals surface area contributed by atoms with Crippen LogP contribution in [0.5, 0.6) is 0 Å². The molecule has 1 aromatic rings. The van der Waals surface area contributed by atoms with Gasteiger partial charge in [-0.15, -0.1) is 0 Å². The molecule has 0 aliphatic heterocycles. The number of amides is 1. The molecule has 1 amide bonds. The molecule has 1 rings (SSSR count). The largest absolute Gasteiger partial charge is 0.327 e. The van der Waals surface area contributed by atoms with Crippen molar-refractivity contribution >= 4 is 21.4 Å². The molecule has 106 valence electrons. The van der Waals surface area contributed by atoms with E-state index in [9.17, 15) is 13.2 Å². The summed E-state index contributed by atoms with van der Waals surface area (Å²) in [7, 11) is -3.32. The zero-order valence-electron chi connectivity index (χ0n) is 11.1. The fourth-order valence-corrected chi connectivity index (χ4v) is 2.16. The van der Waals surface area contributed by atoms with E-state index in [0.29, 0.717) is 5.69 Å². The van der Waals surface area contributed by atoms with Crippen molar-refractivity contribution < 1.29 is 13.2 Å². The molecular weight excluding hydrogens is 266 g/mol. The van der Waals surface area contributed by atoms with Crippen LogP contribution in [0.2, 0.25) is 0 Å². The monoisotopic (exact) mass is 285 g/mol. The van der Waals surface area contributed by atoms with Crippen LogP contribution < -0.4 is 11.1 Å². The lowest BCUT2D eigenvalue weighted by molar-refractivity contribution is -0.116. The summed E-state index contributed by atoms with van der Waals surface area (Å²) in [5.74, 6) is -0.199. The SMILES string of the molecule is CCCC(N)CC(=O)Nc1ccc(S(C)(=O)=O)nc1. The van der Waals surface area contributed by atoms with Crippen LogP contribution in [-0.4, -0.2) is 31.6 Å². The van der Waals surface area contributed by atoms with Crippen LogP contribution in [0.3, 0.4) is 0 Å². The lowest BCUT2D eigenvalue weighted by atomic mass is 10.1. The number of hydrogen-bond acceptors (Lipinski definition) is 5. The Bertz CT molecular complexity index is 526. The fourth-order valence-electron chi connectivity index (χ4n) is 1.60. The van der Waals surface area contributed by atoms with Crippen LogP contribution in [0.15, 0.2) is 23.4 Å². The second kappa shape index (κ2) is 6.63. The maximum absolute atomic E-state index is 11.6. The van der Waals surface area contributed by atoms with Gasteiger partial charge in [0.15, 0.2) is 14.9 Å². The van der Waals surface area contributed by atoms with E-state index >= 15 is 0 Å². The van der Waals surface area contributed by atoms with Gasteiger partial charge in [-0.3, -0.25) is 4.79 Å². The third-order valence-corrected chi connectivity index (χ3v) is 3.51. The molecule has 1 aromatic heterocycles. The minimum absolute atomic E-state index is 0.0202. The number of anilines is 1. The summed E-state index contributed by atoms with van der Waals surface area (Å²) in [5, 5.41) is 2.61. The highest BCUT2D eigenvalue weighted by atomic mass is 32.2. The first-order valence-corrected chi connectivity index (χ1v) is 7.93. The molecule has 0 aliphatic carbocycles. The molecule has 0 spiro atoms. The lowest BCUT2D eigenvalue weighted by Crippen LogP contribution is -2.26. The highest BCUT2D eigenvalue weighted by Gasteiger charge is 2.11. The van der Waals surface area contributed by atoms with Crippen LogP contribution >= 0.6 is 0 Å². The van der Waals surface area contributed by atoms with E-state index in [0.717, 1.165) is 19.1 Å². The number of pyridine rings is 1. The van der Waals surface area contributed by atoms with Crippen molar-refractivity contribution in [3.63, 3.8) is 0 Å². The molecule has 19 heavy (non-hydrogen) atoms. The topological polar surface area (TPSA) is 102 Å². The Labute approximate surface area is 113 Å². The molecular formula is C12H19N3O3S. The molecule has 3 N–H and O–H groups in total. The Balaban J connectivity index is 2.61. The number of sulfone groups is 1. The van der Waals surface area contributed by atoms with Crippen LogP contribution in [-0.2, 0) is 14.6 Å². The molecule has 1 heterocycles. The Hall–Kier alpha value is -1.47. The lowest BCUT2D eigenvalue weighted by Gasteiger charge is -2.10. The summed E-state index contributed by atoms with van der Waals surface area (Å²) in [4.78, 5) is 15.4. The van der Waals surface area contributed by atoms with E-state index < -0.39 is 9.84 Å². The van der Waals surface area contributed by atoms with E-state index in [1.165, 1.54) is 18.3 Å². The van der Waals surface area contributed by atoms with Gasteiger partial charge in [0.1, 0.15) is 0 Å². The van der Waals surface area contributed by atoms with Gasteiger partial charge < -0.3 is 11.1 Å². The molecule has 7 heteroatoms. The van der Waals surface area contributed by atoms with Crippen molar-refractivity contribution in [2.24, 2.45) is 5.73 Å². The van der Waals surface area contributed by atoms with Gasteiger partial charge in [0, 0.05) is 18.7 Å². The standard InChI is InChI=1S/C12H19N3O3S/c1-3-4-9(13)7-11(16)15-10-5-6-12(14-8-10)19(2,17)18/h5-6,8-9H,3-4,7,13H2,1-2H3,(H,15,16). The van der Waals surface area contributed by atoms with Gasteiger partial charge in [0.25, 0.3) is 0 Å². The van der Waals surface area contributed by atoms with Crippen molar-refractivity contribution in [2.75, 3.05) is 11.6 Å². The van der Waals surface area contributed by atoms with E-state index in [4.69, 9.17) is 5.73 Å². The third kappa shape index (κ3) is 5.35. The van der Waals surface area contributed by atoms with Crippen LogP contribution in [0.25, 0.3) is 0 Å². The number of carbonyl (C=O) groups excluding carboxylic acids is 1. The normalized spacial score (nSPS) is 13.0. The van der Waals surface area contributed by atoms with Crippen molar-refractivity contribution in [2.45, 2.75) is 37.3 Å². The number of nitrogens with two attached hydrogens (primary N) is 1. The number of rotatable bonds is 6. The van der Waals surface area contributed by atoms with E-state index in [2.05, 4.69) is 10.3 Å². The van der Waals surface area contributed by atoms with Crippen LogP contribution in [0, 0.1) is 0 Å². The number of aromatic nitrogens is 1. The Morgan fingerprint density at radius 2 is 2.16 bits per heavy atom. The maximum atomic E-state index is 11.6. The first kappa shape index (κ1) is 15.6. The zero-order valence-corrected chi connectivity index (χ0v) is 11.9. The number of nitrogens with one attached hydrogen (secondary N) is 1. The first-order valence-electron chi connectivity index (χ1n) is 6.04. The summed E-state index contributed by atoms with van der Waals surface area (Å²) < 4.78 is 22.4. The minimum Gasteiger partial charge on any atom is -0.327 e. The number of hydrogen-bond donors (Lipinski definition) is 2. The Morgan fingerprint density at radius 1 is 1.47 bits per heavy atom.